The highest BCUT2D eigenvalue weighted by Crippen LogP contribution is 2.34. The number of halogens is 2. The third-order valence-corrected chi connectivity index (χ3v) is 6.66. The molecule has 3 aromatic heterocycles. The summed E-state index contributed by atoms with van der Waals surface area (Å²) in [6.07, 6.45) is 5.83. The molecular formula is C24H22ClFN6. The van der Waals surface area contributed by atoms with Gasteiger partial charge in [0.25, 0.3) is 0 Å². The van der Waals surface area contributed by atoms with Crippen molar-refractivity contribution in [3.63, 3.8) is 0 Å². The van der Waals surface area contributed by atoms with Crippen molar-refractivity contribution >= 4 is 28.6 Å². The maximum absolute atomic E-state index is 14.9. The van der Waals surface area contributed by atoms with E-state index in [1.807, 2.05) is 23.6 Å². The average Bonchev–Trinajstić information content (AvgIpc) is 3.35. The van der Waals surface area contributed by atoms with Crippen molar-refractivity contribution in [3.8, 4) is 17.1 Å². The van der Waals surface area contributed by atoms with Crippen LogP contribution in [0.1, 0.15) is 18.4 Å². The number of piperazine rings is 1. The predicted molar refractivity (Wildman–Crippen MR) is 124 cm³/mol. The summed E-state index contributed by atoms with van der Waals surface area (Å²) in [5.74, 6) is 1.03. The maximum Gasteiger partial charge on any atom is 0.167 e. The number of rotatable bonds is 3. The van der Waals surface area contributed by atoms with Crippen LogP contribution >= 0.6 is 11.6 Å². The lowest BCUT2D eigenvalue weighted by Gasteiger charge is -2.33. The van der Waals surface area contributed by atoms with E-state index in [4.69, 9.17) is 21.6 Å². The summed E-state index contributed by atoms with van der Waals surface area (Å²) in [7, 11) is 0. The van der Waals surface area contributed by atoms with Crippen molar-refractivity contribution in [2.75, 3.05) is 18.0 Å². The van der Waals surface area contributed by atoms with Crippen LogP contribution in [0.15, 0.2) is 48.8 Å². The molecule has 1 N–H and O–H groups in total. The molecular weight excluding hydrogens is 427 g/mol. The first-order valence-electron chi connectivity index (χ1n) is 10.8. The van der Waals surface area contributed by atoms with Crippen LogP contribution in [0.2, 0.25) is 5.02 Å². The van der Waals surface area contributed by atoms with Gasteiger partial charge in [0.1, 0.15) is 23.0 Å². The summed E-state index contributed by atoms with van der Waals surface area (Å²) in [5, 5.41) is 4.12. The van der Waals surface area contributed by atoms with E-state index in [1.165, 1.54) is 18.9 Å². The molecule has 162 valence electrons. The number of aryl methyl sites for hydroxylation is 1. The van der Waals surface area contributed by atoms with Crippen LogP contribution in [-0.2, 0) is 0 Å². The lowest BCUT2D eigenvalue weighted by atomic mass is 10.2. The van der Waals surface area contributed by atoms with Crippen molar-refractivity contribution < 1.29 is 4.39 Å². The van der Waals surface area contributed by atoms with Crippen molar-refractivity contribution in [3.05, 3.63) is 65.2 Å². The molecule has 2 bridgehead atoms. The third kappa shape index (κ3) is 3.24. The maximum atomic E-state index is 14.9. The van der Waals surface area contributed by atoms with Gasteiger partial charge >= 0.3 is 0 Å². The van der Waals surface area contributed by atoms with Gasteiger partial charge in [0, 0.05) is 42.6 Å². The Morgan fingerprint density at radius 3 is 2.53 bits per heavy atom. The Labute approximate surface area is 190 Å². The van der Waals surface area contributed by atoms with E-state index in [0.29, 0.717) is 34.1 Å². The van der Waals surface area contributed by atoms with Crippen LogP contribution in [0.5, 0.6) is 0 Å². The van der Waals surface area contributed by atoms with Crippen molar-refractivity contribution in [2.24, 2.45) is 0 Å². The van der Waals surface area contributed by atoms with Gasteiger partial charge in [-0.25, -0.2) is 14.4 Å². The van der Waals surface area contributed by atoms with E-state index < -0.39 is 0 Å². The van der Waals surface area contributed by atoms with Gasteiger partial charge in [0.15, 0.2) is 5.65 Å². The number of hydrogen-bond donors (Lipinski definition) is 1. The first-order chi connectivity index (χ1) is 15.6. The predicted octanol–water partition coefficient (Wildman–Crippen LogP) is 4.52. The van der Waals surface area contributed by atoms with Crippen LogP contribution in [-0.4, -0.2) is 44.7 Å². The summed E-state index contributed by atoms with van der Waals surface area (Å²) >= 11 is 6.21. The molecule has 0 spiro atoms. The first-order valence-corrected chi connectivity index (χ1v) is 11.2. The van der Waals surface area contributed by atoms with Crippen molar-refractivity contribution in [1.82, 2.24) is 24.8 Å². The third-order valence-electron chi connectivity index (χ3n) is 6.42. The van der Waals surface area contributed by atoms with Gasteiger partial charge in [-0.1, -0.05) is 11.6 Å². The molecule has 0 radical (unpaired) electrons. The smallest absolute Gasteiger partial charge is 0.167 e. The van der Waals surface area contributed by atoms with E-state index >= 15 is 0 Å². The SMILES string of the molecule is Cc1cc(N2C[C@H]3CC[C@@H](C2)N3)nc2c1nc(-c1cc(Cl)ccc1F)n2-c1ccncc1. The minimum atomic E-state index is -0.378. The average molecular weight is 449 g/mol. The quantitative estimate of drug-likeness (QED) is 0.499. The lowest BCUT2D eigenvalue weighted by molar-refractivity contribution is 0.463. The lowest BCUT2D eigenvalue weighted by Crippen LogP contribution is -2.51. The number of fused-ring (bicyclic) bond motifs is 3. The number of nitrogens with zero attached hydrogens (tertiary/aromatic N) is 5. The fourth-order valence-corrected chi connectivity index (χ4v) is 5.09. The Hall–Kier alpha value is -3.03. The van der Waals surface area contributed by atoms with Crippen LogP contribution in [0.25, 0.3) is 28.2 Å². The van der Waals surface area contributed by atoms with E-state index in [0.717, 1.165) is 35.7 Å². The molecule has 2 saturated heterocycles. The largest absolute Gasteiger partial charge is 0.353 e. The Bertz CT molecular complexity index is 1310. The minimum Gasteiger partial charge on any atom is -0.353 e. The second kappa shape index (κ2) is 7.53. The zero-order chi connectivity index (χ0) is 21.8. The molecule has 0 unspecified atom stereocenters. The Balaban J connectivity index is 1.59. The topological polar surface area (TPSA) is 58.9 Å². The number of imidazole rings is 1. The molecule has 2 aliphatic heterocycles. The normalized spacial score (nSPS) is 20.3. The fraction of sp³-hybridized carbons (Fsp3) is 0.292. The van der Waals surface area contributed by atoms with E-state index in [9.17, 15) is 4.39 Å². The number of nitrogens with one attached hydrogen (secondary N) is 1. The zero-order valence-electron chi connectivity index (χ0n) is 17.6. The minimum absolute atomic E-state index is 0.341. The van der Waals surface area contributed by atoms with Gasteiger partial charge in [0.05, 0.1) is 11.3 Å². The van der Waals surface area contributed by atoms with Gasteiger partial charge in [-0.2, -0.15) is 0 Å². The van der Waals surface area contributed by atoms with Gasteiger partial charge < -0.3 is 10.2 Å². The summed E-state index contributed by atoms with van der Waals surface area (Å²) in [5.41, 5.74) is 3.62. The fourth-order valence-electron chi connectivity index (χ4n) is 4.92. The van der Waals surface area contributed by atoms with Crippen LogP contribution < -0.4 is 10.2 Å². The van der Waals surface area contributed by atoms with E-state index in [1.54, 1.807) is 24.5 Å². The molecule has 1 aromatic carbocycles. The molecule has 8 heteroatoms. The highest BCUT2D eigenvalue weighted by Gasteiger charge is 2.33. The molecule has 2 fully saturated rings. The highest BCUT2D eigenvalue weighted by molar-refractivity contribution is 6.30. The molecule has 0 aliphatic carbocycles. The zero-order valence-corrected chi connectivity index (χ0v) is 18.3. The first kappa shape index (κ1) is 19.6. The highest BCUT2D eigenvalue weighted by atomic mass is 35.5. The van der Waals surface area contributed by atoms with Crippen LogP contribution in [0.4, 0.5) is 10.2 Å². The molecule has 0 amide bonds. The van der Waals surface area contributed by atoms with Crippen LogP contribution in [0, 0.1) is 12.7 Å². The summed E-state index contributed by atoms with van der Waals surface area (Å²) in [4.78, 5) is 16.4. The summed E-state index contributed by atoms with van der Waals surface area (Å²) in [6.45, 7) is 3.91. The van der Waals surface area contributed by atoms with Crippen molar-refractivity contribution in [1.29, 1.82) is 0 Å². The second-order valence-electron chi connectivity index (χ2n) is 8.61. The van der Waals surface area contributed by atoms with Crippen molar-refractivity contribution in [2.45, 2.75) is 31.8 Å². The Morgan fingerprint density at radius 2 is 1.78 bits per heavy atom. The van der Waals surface area contributed by atoms with E-state index in [2.05, 4.69) is 21.3 Å². The van der Waals surface area contributed by atoms with Gasteiger partial charge in [-0.05, 0) is 61.7 Å². The number of anilines is 1. The van der Waals surface area contributed by atoms with Crippen LogP contribution in [0.3, 0.4) is 0 Å². The Kier molecular flexibility index (Phi) is 4.62. The number of hydrogen-bond acceptors (Lipinski definition) is 5. The summed E-state index contributed by atoms with van der Waals surface area (Å²) in [6, 6.07) is 11.4. The summed E-state index contributed by atoms with van der Waals surface area (Å²) < 4.78 is 16.8. The molecule has 5 heterocycles. The van der Waals surface area contributed by atoms with Gasteiger partial charge in [0.2, 0.25) is 0 Å². The molecule has 32 heavy (non-hydrogen) atoms. The molecule has 2 aliphatic rings. The van der Waals surface area contributed by atoms with Gasteiger partial charge in [-0.15, -0.1) is 0 Å². The Morgan fingerprint density at radius 1 is 1.03 bits per heavy atom. The van der Waals surface area contributed by atoms with E-state index in [-0.39, 0.29) is 5.82 Å². The molecule has 2 atom stereocenters. The molecule has 6 nitrogen and oxygen atoms in total. The molecule has 4 aromatic rings. The van der Waals surface area contributed by atoms with Gasteiger partial charge in [-0.3, -0.25) is 9.55 Å². The standard InChI is InChI=1S/C24H22ClFN6/c1-14-10-21(31-12-16-3-4-17(13-31)28-16)29-24-22(14)30-23(19-11-15(25)2-5-20(19)26)32(24)18-6-8-27-9-7-18/h2,5-11,16-17,28H,3-4,12-13H2,1H3/t16-,17+. The number of aromatic nitrogens is 4. The second-order valence-corrected chi connectivity index (χ2v) is 9.05. The number of benzene rings is 1. The number of pyridine rings is 2. The molecule has 0 saturated carbocycles. The monoisotopic (exact) mass is 448 g/mol. The molecule has 6 rings (SSSR count).